The first-order valence-corrected chi connectivity index (χ1v) is 6.05. The Bertz CT molecular complexity index is 95.8. The normalized spacial score (nSPS) is 16.2. The van der Waals surface area contributed by atoms with Crippen LogP contribution in [-0.2, 0) is 4.43 Å². The van der Waals surface area contributed by atoms with Crippen LogP contribution in [0.3, 0.4) is 0 Å². The van der Waals surface area contributed by atoms with Crippen LogP contribution in [-0.4, -0.2) is 16.6 Å². The maximum absolute atomic E-state index is 5.33. The molecule has 0 heterocycles. The molecule has 0 spiro atoms. The predicted molar refractivity (Wildman–Crippen MR) is 58.4 cm³/mol. The Morgan fingerprint density at radius 1 is 1.17 bits per heavy atom. The molecule has 0 aliphatic heterocycles. The second-order valence-corrected chi connectivity index (χ2v) is 4.34. The molecule has 0 aliphatic carbocycles. The molecule has 0 N–H and O–H groups in total. The molecule has 0 rings (SSSR count). The third-order valence-electron chi connectivity index (χ3n) is 2.49. The van der Waals surface area contributed by atoms with Gasteiger partial charge >= 0.3 is 0 Å². The van der Waals surface area contributed by atoms with E-state index in [1.165, 1.54) is 32.1 Å². The van der Waals surface area contributed by atoms with E-state index in [0.29, 0.717) is 6.10 Å². The lowest BCUT2D eigenvalue weighted by Gasteiger charge is -2.12. The highest BCUT2D eigenvalue weighted by atomic mass is 28.2. The molecule has 2 unspecified atom stereocenters. The Morgan fingerprint density at radius 2 is 1.83 bits per heavy atom. The van der Waals surface area contributed by atoms with E-state index < -0.39 is 0 Å². The quantitative estimate of drug-likeness (QED) is 0.557. The van der Waals surface area contributed by atoms with Crippen molar-refractivity contribution < 1.29 is 4.43 Å². The molecule has 0 amide bonds. The van der Waals surface area contributed by atoms with Gasteiger partial charge in [-0.25, -0.2) is 0 Å². The first-order valence-electron chi connectivity index (χ1n) is 5.23. The van der Waals surface area contributed by atoms with Gasteiger partial charge in [0, 0.05) is 6.10 Å². The molecule has 0 aromatic heterocycles. The second-order valence-electron chi connectivity index (χ2n) is 3.87. The summed E-state index contributed by atoms with van der Waals surface area (Å²) < 4.78 is 5.33. The molecule has 74 valence electrons. The van der Waals surface area contributed by atoms with Crippen molar-refractivity contribution in [3.05, 3.63) is 0 Å². The lowest BCUT2D eigenvalue weighted by molar-refractivity contribution is 0.223. The molecule has 2 atom stereocenters. The van der Waals surface area contributed by atoms with E-state index >= 15 is 0 Å². The molecule has 0 aliphatic rings. The minimum Gasteiger partial charge on any atom is -0.425 e. The van der Waals surface area contributed by atoms with Crippen molar-refractivity contribution in [3.8, 4) is 0 Å². The summed E-state index contributed by atoms with van der Waals surface area (Å²) in [4.78, 5) is 0. The van der Waals surface area contributed by atoms with E-state index in [4.69, 9.17) is 4.43 Å². The Kier molecular flexibility index (Phi) is 7.92. The molecule has 0 aromatic carbocycles. The highest BCUT2D eigenvalue weighted by Gasteiger charge is 2.02. The van der Waals surface area contributed by atoms with E-state index in [-0.39, 0.29) is 0 Å². The minimum atomic E-state index is 0.505. The number of hydrogen-bond donors (Lipinski definition) is 0. The van der Waals surface area contributed by atoms with Gasteiger partial charge in [-0.2, -0.15) is 0 Å². The summed E-state index contributed by atoms with van der Waals surface area (Å²) >= 11 is 0. The summed E-state index contributed by atoms with van der Waals surface area (Å²) in [6.07, 6.45) is 7.18. The van der Waals surface area contributed by atoms with Crippen molar-refractivity contribution in [2.45, 2.75) is 59.0 Å². The van der Waals surface area contributed by atoms with Crippen LogP contribution in [0.2, 0.25) is 0 Å². The van der Waals surface area contributed by atoms with Gasteiger partial charge in [0.15, 0.2) is 0 Å². The van der Waals surface area contributed by atoms with E-state index in [9.17, 15) is 0 Å². The van der Waals surface area contributed by atoms with E-state index in [1.807, 2.05) is 0 Å². The molecule has 0 saturated heterocycles. The average molecular weight is 188 g/mol. The molecule has 0 aromatic rings. The van der Waals surface area contributed by atoms with Crippen molar-refractivity contribution in [1.82, 2.24) is 0 Å². The summed E-state index contributed by atoms with van der Waals surface area (Å²) in [5, 5.41) is 0. The minimum absolute atomic E-state index is 0.505. The van der Waals surface area contributed by atoms with Gasteiger partial charge in [0.1, 0.15) is 10.5 Å². The summed E-state index contributed by atoms with van der Waals surface area (Å²) in [6, 6.07) is 0. The van der Waals surface area contributed by atoms with Gasteiger partial charge in [-0.1, -0.05) is 39.5 Å². The van der Waals surface area contributed by atoms with Gasteiger partial charge in [0.2, 0.25) is 0 Å². The second kappa shape index (κ2) is 7.81. The molecule has 12 heavy (non-hydrogen) atoms. The molecule has 2 heteroatoms. The van der Waals surface area contributed by atoms with Crippen LogP contribution in [0, 0.1) is 5.92 Å². The van der Waals surface area contributed by atoms with Crippen LogP contribution < -0.4 is 0 Å². The molecule has 0 radical (unpaired) electrons. The van der Waals surface area contributed by atoms with E-state index in [2.05, 4.69) is 20.8 Å². The highest BCUT2D eigenvalue weighted by Crippen LogP contribution is 2.14. The lowest BCUT2D eigenvalue weighted by Crippen LogP contribution is -2.06. The van der Waals surface area contributed by atoms with E-state index in [1.54, 1.807) is 0 Å². The maximum Gasteiger partial charge on any atom is 0.146 e. The van der Waals surface area contributed by atoms with Crippen molar-refractivity contribution in [2.75, 3.05) is 0 Å². The van der Waals surface area contributed by atoms with Gasteiger partial charge < -0.3 is 4.43 Å². The fourth-order valence-corrected chi connectivity index (χ4v) is 1.74. The Labute approximate surface area is 80.4 Å². The first kappa shape index (κ1) is 12.2. The SMILES string of the molecule is CCCC(C)CCCC(C)O[SiH3]. The third-order valence-corrected chi connectivity index (χ3v) is 3.30. The van der Waals surface area contributed by atoms with Gasteiger partial charge in [0.25, 0.3) is 0 Å². The van der Waals surface area contributed by atoms with Crippen LogP contribution in [0.15, 0.2) is 0 Å². The highest BCUT2D eigenvalue weighted by molar-refractivity contribution is 5.98. The summed E-state index contributed by atoms with van der Waals surface area (Å²) in [5.74, 6) is 0.913. The maximum atomic E-state index is 5.33. The summed E-state index contributed by atoms with van der Waals surface area (Å²) in [7, 11) is 0.887. The fraction of sp³-hybridized carbons (Fsp3) is 1.00. The van der Waals surface area contributed by atoms with Crippen molar-refractivity contribution >= 4 is 10.5 Å². The smallest absolute Gasteiger partial charge is 0.146 e. The van der Waals surface area contributed by atoms with Crippen LogP contribution in [0.4, 0.5) is 0 Å². The first-order chi connectivity index (χ1) is 5.70. The molecule has 0 bridgehead atoms. The van der Waals surface area contributed by atoms with Crippen molar-refractivity contribution in [3.63, 3.8) is 0 Å². The van der Waals surface area contributed by atoms with Crippen LogP contribution in [0.25, 0.3) is 0 Å². The Hall–Kier alpha value is 0.177. The monoisotopic (exact) mass is 188 g/mol. The van der Waals surface area contributed by atoms with Crippen LogP contribution in [0.5, 0.6) is 0 Å². The van der Waals surface area contributed by atoms with E-state index in [0.717, 1.165) is 16.4 Å². The Balaban J connectivity index is 3.18. The average Bonchev–Trinajstić information content (AvgIpc) is 2.04. The van der Waals surface area contributed by atoms with Crippen LogP contribution >= 0.6 is 0 Å². The van der Waals surface area contributed by atoms with Gasteiger partial charge in [-0.3, -0.25) is 0 Å². The molecular formula is C10H24OSi. The van der Waals surface area contributed by atoms with Gasteiger partial charge in [0.05, 0.1) is 0 Å². The zero-order valence-corrected chi connectivity index (χ0v) is 11.1. The molecule has 1 nitrogen and oxygen atoms in total. The van der Waals surface area contributed by atoms with Crippen LogP contribution in [0.1, 0.15) is 52.9 Å². The summed E-state index contributed by atoms with van der Waals surface area (Å²) in [6.45, 7) is 6.80. The fourth-order valence-electron chi connectivity index (χ4n) is 1.51. The van der Waals surface area contributed by atoms with Crippen molar-refractivity contribution in [2.24, 2.45) is 5.92 Å². The number of rotatable bonds is 7. The third kappa shape index (κ3) is 6.86. The molecule has 0 saturated carbocycles. The lowest BCUT2D eigenvalue weighted by atomic mass is 9.98. The van der Waals surface area contributed by atoms with Gasteiger partial charge in [-0.05, 0) is 19.3 Å². The summed E-state index contributed by atoms with van der Waals surface area (Å²) in [5.41, 5.74) is 0. The molecule has 0 fully saturated rings. The Morgan fingerprint density at radius 3 is 2.33 bits per heavy atom. The van der Waals surface area contributed by atoms with Gasteiger partial charge in [-0.15, -0.1) is 0 Å². The topological polar surface area (TPSA) is 9.23 Å². The zero-order valence-electron chi connectivity index (χ0n) is 9.10. The van der Waals surface area contributed by atoms with Crippen molar-refractivity contribution in [1.29, 1.82) is 0 Å². The molecular weight excluding hydrogens is 164 g/mol. The standard InChI is InChI=1S/C10H24OSi/c1-4-6-9(2)7-5-8-10(3)11-12/h9-10H,4-8H2,1-3,12H3. The predicted octanol–water partition coefficient (Wildman–Crippen LogP) is 2.28. The zero-order chi connectivity index (χ0) is 9.40. The number of hydrogen-bond acceptors (Lipinski definition) is 1. The largest absolute Gasteiger partial charge is 0.425 e.